The highest BCUT2D eigenvalue weighted by molar-refractivity contribution is 5.99. The zero-order valence-electron chi connectivity index (χ0n) is 28.3. The molecule has 11 nitrogen and oxygen atoms in total. The Morgan fingerprint density at radius 2 is 1.78 bits per heavy atom. The number of hydrogen-bond donors (Lipinski definition) is 2. The van der Waals surface area contributed by atoms with Crippen LogP contribution >= 0.6 is 0 Å². The molecule has 4 aromatic heterocycles. The first-order chi connectivity index (χ1) is 24.3. The van der Waals surface area contributed by atoms with Crippen LogP contribution in [0.2, 0.25) is 0 Å². The molecule has 5 heterocycles. The van der Waals surface area contributed by atoms with Crippen LogP contribution in [0.5, 0.6) is 0 Å². The number of amides is 2. The normalized spacial score (nSPS) is 24.0. The molecule has 0 radical (unpaired) electrons. The topological polar surface area (TPSA) is 129 Å². The van der Waals surface area contributed by atoms with Crippen molar-refractivity contribution in [2.75, 3.05) is 6.54 Å². The van der Waals surface area contributed by atoms with Crippen LogP contribution in [0.1, 0.15) is 109 Å². The molecule has 0 spiro atoms. The summed E-state index contributed by atoms with van der Waals surface area (Å²) in [6, 6.07) is 9.68. The van der Waals surface area contributed by atoms with Crippen molar-refractivity contribution in [2.45, 2.75) is 101 Å². The zero-order valence-corrected chi connectivity index (χ0v) is 28.3. The number of rotatable bonds is 9. The average molecular weight is 676 g/mol. The largest absolute Gasteiger partial charge is 0.344 e. The Bertz CT molecular complexity index is 2190. The number of hydrogen-bond acceptors (Lipinski definition) is 6. The summed E-state index contributed by atoms with van der Waals surface area (Å²) >= 11 is 0. The number of benzene rings is 1. The highest BCUT2D eigenvalue weighted by Gasteiger charge is 2.41. The molecule has 5 aromatic rings. The van der Waals surface area contributed by atoms with Gasteiger partial charge in [0.15, 0.2) is 5.82 Å². The average Bonchev–Trinajstić information content (AvgIpc) is 4.09. The Hall–Kier alpha value is -4.58. The SMILES string of the molecule is C[C@@H](NC(=O)c1cnn(C2CC2)c1)c1ccc2cc(-c3nc4cc(C(=O)N5C[C@H](N)[C@@H]6CC[C@H]5C6)cc(F)c4n3C3CC3)n(CC3CC3)c2n1. The lowest BCUT2D eigenvalue weighted by atomic mass is 9.94. The second-order valence-corrected chi connectivity index (χ2v) is 15.6. The predicted molar refractivity (Wildman–Crippen MR) is 186 cm³/mol. The monoisotopic (exact) mass is 675 g/mol. The van der Waals surface area contributed by atoms with Gasteiger partial charge in [0.2, 0.25) is 0 Å². The molecular weight excluding hydrogens is 633 g/mol. The van der Waals surface area contributed by atoms with E-state index in [1.807, 2.05) is 28.8 Å². The quantitative estimate of drug-likeness (QED) is 0.200. The summed E-state index contributed by atoms with van der Waals surface area (Å²) in [5.41, 5.74) is 10.7. The second-order valence-electron chi connectivity index (χ2n) is 15.6. The number of likely N-dealkylation sites (tertiary alicyclic amines) is 1. The van der Waals surface area contributed by atoms with Crippen LogP contribution < -0.4 is 11.1 Å². The van der Waals surface area contributed by atoms with E-state index in [4.69, 9.17) is 15.7 Å². The van der Waals surface area contributed by atoms with Crippen LogP contribution in [0.4, 0.5) is 4.39 Å². The van der Waals surface area contributed by atoms with Crippen LogP contribution in [0.25, 0.3) is 33.6 Å². The highest BCUT2D eigenvalue weighted by Crippen LogP contribution is 2.44. The number of aromatic nitrogens is 6. The summed E-state index contributed by atoms with van der Waals surface area (Å²) < 4.78 is 22.4. The van der Waals surface area contributed by atoms with E-state index in [9.17, 15) is 9.59 Å². The predicted octanol–water partition coefficient (Wildman–Crippen LogP) is 5.91. The van der Waals surface area contributed by atoms with Crippen molar-refractivity contribution >= 4 is 33.9 Å². The summed E-state index contributed by atoms with van der Waals surface area (Å²) in [6.45, 7) is 3.25. The number of piperidine rings is 1. The maximum absolute atomic E-state index is 16.2. The Labute approximate surface area is 289 Å². The summed E-state index contributed by atoms with van der Waals surface area (Å²) in [5.74, 6) is 0.970. The summed E-state index contributed by atoms with van der Waals surface area (Å²) in [5, 5.41) is 8.44. The number of fused-ring (bicyclic) bond motifs is 4. The minimum Gasteiger partial charge on any atom is -0.344 e. The van der Waals surface area contributed by atoms with Gasteiger partial charge in [-0.3, -0.25) is 14.3 Å². The number of pyridine rings is 1. The van der Waals surface area contributed by atoms with E-state index < -0.39 is 5.82 Å². The standard InChI is InChI=1S/C38H42FN9O2/c1-20(42-37(49)25-16-41-47(18-25)26-7-8-26)31-11-5-23-15-33(46(35(23)43-31)17-21-2-3-21)36-44-32-14-24(13-29(39)34(32)48(36)27-9-10-27)38(50)45-19-30(40)22-4-6-28(45)12-22/h5,11,13-16,18,20-22,26-28,30H,2-4,6-10,12,17,19,40H2,1H3,(H,42,49)/t20-,22-,28+,30+/m1/s1. The smallest absolute Gasteiger partial charge is 0.254 e. The van der Waals surface area contributed by atoms with Crippen LogP contribution in [-0.4, -0.2) is 64.2 Å². The van der Waals surface area contributed by atoms with Gasteiger partial charge in [0.25, 0.3) is 11.8 Å². The van der Waals surface area contributed by atoms with Crippen molar-refractivity contribution in [1.29, 1.82) is 0 Å². The van der Waals surface area contributed by atoms with E-state index in [1.165, 1.54) is 6.07 Å². The number of imidazole rings is 1. The van der Waals surface area contributed by atoms with Gasteiger partial charge in [0, 0.05) is 48.4 Å². The lowest BCUT2D eigenvalue weighted by Crippen LogP contribution is -2.51. The molecule has 4 saturated carbocycles. The first-order valence-electron chi connectivity index (χ1n) is 18.4. The third kappa shape index (κ3) is 5.13. The molecule has 4 atom stereocenters. The van der Waals surface area contributed by atoms with E-state index >= 15 is 4.39 Å². The minimum atomic E-state index is -0.417. The molecule has 1 aliphatic heterocycles. The number of nitrogens with one attached hydrogen (secondary N) is 1. The molecule has 3 N–H and O–H groups in total. The van der Waals surface area contributed by atoms with Gasteiger partial charge < -0.3 is 25.1 Å². The fraction of sp³-hybridized carbons (Fsp3) is 0.500. The maximum atomic E-state index is 16.2. The van der Waals surface area contributed by atoms with E-state index in [-0.39, 0.29) is 36.0 Å². The molecule has 5 fully saturated rings. The van der Waals surface area contributed by atoms with Crippen molar-refractivity contribution < 1.29 is 14.0 Å². The van der Waals surface area contributed by atoms with Gasteiger partial charge in [-0.25, -0.2) is 14.4 Å². The zero-order chi connectivity index (χ0) is 33.8. The minimum absolute atomic E-state index is 0.0363. The van der Waals surface area contributed by atoms with Gasteiger partial charge in [-0.2, -0.15) is 5.10 Å². The fourth-order valence-corrected chi connectivity index (χ4v) is 8.44. The third-order valence-electron chi connectivity index (χ3n) is 11.8. The Morgan fingerprint density at radius 1 is 0.980 bits per heavy atom. The summed E-state index contributed by atoms with van der Waals surface area (Å²) in [4.78, 5) is 39.0. The van der Waals surface area contributed by atoms with Crippen molar-refractivity contribution in [2.24, 2.45) is 17.6 Å². The fourth-order valence-electron chi connectivity index (χ4n) is 8.44. The van der Waals surface area contributed by atoms with E-state index in [0.717, 1.165) is 86.8 Å². The number of nitrogens with two attached hydrogens (primary N) is 1. The van der Waals surface area contributed by atoms with Crippen molar-refractivity contribution in [1.82, 2.24) is 39.1 Å². The van der Waals surface area contributed by atoms with Gasteiger partial charge in [-0.05, 0) is 107 Å². The molecule has 258 valence electrons. The molecule has 2 amide bonds. The number of carbonyl (C=O) groups excluding carboxylic acids is 2. The number of nitrogens with zero attached hydrogens (tertiary/aromatic N) is 7. The number of halogens is 1. The summed E-state index contributed by atoms with van der Waals surface area (Å²) in [7, 11) is 0. The molecule has 12 heteroatoms. The van der Waals surface area contributed by atoms with Crippen LogP contribution in [-0.2, 0) is 6.54 Å². The van der Waals surface area contributed by atoms with Gasteiger partial charge in [-0.1, -0.05) is 0 Å². The second kappa shape index (κ2) is 11.2. The molecule has 5 aliphatic rings. The highest BCUT2D eigenvalue weighted by atomic mass is 19.1. The van der Waals surface area contributed by atoms with Crippen molar-refractivity contribution in [3.63, 3.8) is 0 Å². The third-order valence-corrected chi connectivity index (χ3v) is 11.8. The molecule has 10 rings (SSSR count). The molecule has 2 bridgehead atoms. The van der Waals surface area contributed by atoms with Crippen LogP contribution in [0, 0.1) is 17.7 Å². The molecule has 50 heavy (non-hydrogen) atoms. The van der Waals surface area contributed by atoms with Crippen LogP contribution in [0.3, 0.4) is 0 Å². The first kappa shape index (κ1) is 30.3. The van der Waals surface area contributed by atoms with Crippen LogP contribution in [0.15, 0.2) is 42.7 Å². The van der Waals surface area contributed by atoms with Crippen molar-refractivity contribution in [3.8, 4) is 11.5 Å². The van der Waals surface area contributed by atoms with Gasteiger partial charge in [-0.15, -0.1) is 0 Å². The van der Waals surface area contributed by atoms with E-state index in [2.05, 4.69) is 31.7 Å². The lowest BCUT2D eigenvalue weighted by molar-refractivity contribution is 0.0603. The number of carbonyl (C=O) groups is 2. The molecule has 4 aliphatic carbocycles. The molecule has 0 unspecified atom stereocenters. The van der Waals surface area contributed by atoms with E-state index in [1.54, 1.807) is 12.3 Å². The van der Waals surface area contributed by atoms with Gasteiger partial charge in [0.1, 0.15) is 17.0 Å². The molecule has 1 aromatic carbocycles. The molecular formula is C38H42FN9O2. The Kier molecular flexibility index (Phi) is 6.79. The summed E-state index contributed by atoms with van der Waals surface area (Å²) in [6.07, 6.45) is 12.8. The van der Waals surface area contributed by atoms with Crippen molar-refractivity contribution in [3.05, 3.63) is 65.4 Å². The first-order valence-corrected chi connectivity index (χ1v) is 18.4. The van der Waals surface area contributed by atoms with Gasteiger partial charge >= 0.3 is 0 Å². The molecule has 1 saturated heterocycles. The van der Waals surface area contributed by atoms with E-state index in [0.29, 0.717) is 52.4 Å². The lowest BCUT2D eigenvalue weighted by Gasteiger charge is -2.37. The van der Waals surface area contributed by atoms with Gasteiger partial charge in [0.05, 0.1) is 40.7 Å². The Balaban J connectivity index is 1.01. The Morgan fingerprint density at radius 3 is 2.56 bits per heavy atom. The maximum Gasteiger partial charge on any atom is 0.254 e.